The van der Waals surface area contributed by atoms with Crippen molar-refractivity contribution >= 4 is 17.2 Å². The predicted molar refractivity (Wildman–Crippen MR) is 76.0 cm³/mol. The third kappa shape index (κ3) is 6.72. The Labute approximate surface area is 121 Å². The summed E-state index contributed by atoms with van der Waals surface area (Å²) in [4.78, 5) is 1.85. The van der Waals surface area contributed by atoms with Crippen molar-refractivity contribution in [1.82, 2.24) is 4.90 Å². The fourth-order valence-electron chi connectivity index (χ4n) is 1.49. The van der Waals surface area contributed by atoms with Crippen molar-refractivity contribution in [3.05, 3.63) is 29.8 Å². The first-order valence-electron chi connectivity index (χ1n) is 6.06. The smallest absolute Gasteiger partial charge is 0.390 e. The molecule has 1 aromatic carbocycles. The van der Waals surface area contributed by atoms with Gasteiger partial charge in [-0.25, -0.2) is 0 Å². The quantitative estimate of drug-likeness (QED) is 0.786. The van der Waals surface area contributed by atoms with E-state index in [4.69, 9.17) is 22.7 Å². The zero-order valence-electron chi connectivity index (χ0n) is 11.1. The summed E-state index contributed by atoms with van der Waals surface area (Å²) in [5.41, 5.74) is 6.20. The Balaban J connectivity index is 2.33. The first kappa shape index (κ1) is 16.7. The second kappa shape index (κ2) is 7.44. The van der Waals surface area contributed by atoms with Crippen molar-refractivity contribution in [3.63, 3.8) is 0 Å². The lowest BCUT2D eigenvalue weighted by Crippen LogP contribution is -2.28. The second-order valence-electron chi connectivity index (χ2n) is 4.41. The maximum atomic E-state index is 12.0. The Hall–Kier alpha value is -1.34. The van der Waals surface area contributed by atoms with Crippen molar-refractivity contribution < 1.29 is 17.9 Å². The lowest BCUT2D eigenvalue weighted by molar-refractivity contribution is -0.137. The molecule has 0 fully saturated rings. The molecule has 112 valence electrons. The van der Waals surface area contributed by atoms with Crippen molar-refractivity contribution in [2.45, 2.75) is 12.6 Å². The SMILES string of the molecule is CN(CCOc1cccc(C(N)=S)c1)CCC(F)(F)F. The maximum absolute atomic E-state index is 12.0. The number of thiocarbonyl (C=S) groups is 1. The Bertz CT molecular complexity index is 451. The van der Waals surface area contributed by atoms with Crippen LogP contribution in [0.3, 0.4) is 0 Å². The summed E-state index contributed by atoms with van der Waals surface area (Å²) in [5, 5.41) is 0. The minimum atomic E-state index is -4.12. The van der Waals surface area contributed by atoms with Gasteiger partial charge < -0.3 is 15.4 Å². The van der Waals surface area contributed by atoms with Crippen LogP contribution in [0.4, 0.5) is 13.2 Å². The molecule has 0 aliphatic carbocycles. The Morgan fingerprint density at radius 2 is 2.05 bits per heavy atom. The summed E-state index contributed by atoms with van der Waals surface area (Å²) >= 11 is 4.85. The number of nitrogens with zero attached hydrogens (tertiary/aromatic N) is 1. The molecule has 0 saturated carbocycles. The van der Waals surface area contributed by atoms with Gasteiger partial charge in [-0.15, -0.1) is 0 Å². The summed E-state index contributed by atoms with van der Waals surface area (Å²) in [6.45, 7) is 0.669. The van der Waals surface area contributed by atoms with Gasteiger partial charge in [-0.1, -0.05) is 24.4 Å². The van der Waals surface area contributed by atoms with E-state index in [9.17, 15) is 13.2 Å². The largest absolute Gasteiger partial charge is 0.492 e. The van der Waals surface area contributed by atoms with Crippen molar-refractivity contribution in [2.75, 3.05) is 26.7 Å². The molecule has 0 heterocycles. The highest BCUT2D eigenvalue weighted by Gasteiger charge is 2.26. The van der Waals surface area contributed by atoms with Crippen LogP contribution in [0.15, 0.2) is 24.3 Å². The third-order valence-corrected chi connectivity index (χ3v) is 2.87. The third-order valence-electron chi connectivity index (χ3n) is 2.64. The van der Waals surface area contributed by atoms with Gasteiger partial charge in [-0.2, -0.15) is 13.2 Å². The molecule has 2 N–H and O–H groups in total. The molecule has 0 aliphatic rings. The van der Waals surface area contributed by atoms with E-state index in [1.165, 1.54) is 0 Å². The van der Waals surface area contributed by atoms with E-state index in [2.05, 4.69) is 0 Å². The number of benzene rings is 1. The minimum absolute atomic E-state index is 0.0419. The molecule has 20 heavy (non-hydrogen) atoms. The molecule has 0 aromatic heterocycles. The highest BCUT2D eigenvalue weighted by molar-refractivity contribution is 7.80. The van der Waals surface area contributed by atoms with E-state index < -0.39 is 12.6 Å². The first-order chi connectivity index (χ1) is 9.28. The van der Waals surface area contributed by atoms with Gasteiger partial charge in [0.05, 0.1) is 6.42 Å². The van der Waals surface area contributed by atoms with Gasteiger partial charge in [0.2, 0.25) is 0 Å². The molecule has 1 rings (SSSR count). The number of hydrogen-bond acceptors (Lipinski definition) is 3. The van der Waals surface area contributed by atoms with Crippen molar-refractivity contribution in [2.24, 2.45) is 5.73 Å². The summed E-state index contributed by atoms with van der Waals surface area (Å²) in [7, 11) is 1.63. The van der Waals surface area contributed by atoms with Gasteiger partial charge in [0.15, 0.2) is 0 Å². The summed E-state index contributed by atoms with van der Waals surface area (Å²) in [6.07, 6.45) is -4.94. The van der Waals surface area contributed by atoms with Crippen molar-refractivity contribution in [1.29, 1.82) is 0 Å². The van der Waals surface area contributed by atoms with Crippen molar-refractivity contribution in [3.8, 4) is 5.75 Å². The summed E-state index contributed by atoms with van der Waals surface area (Å²) < 4.78 is 41.6. The van der Waals surface area contributed by atoms with Gasteiger partial charge in [-0.05, 0) is 19.2 Å². The molecular formula is C13H17F3N2OS. The van der Waals surface area contributed by atoms with E-state index in [1.54, 1.807) is 36.2 Å². The number of halogens is 3. The van der Waals surface area contributed by atoms with Crippen LogP contribution in [-0.2, 0) is 0 Å². The van der Waals surface area contributed by atoms with Crippen LogP contribution in [-0.4, -0.2) is 42.8 Å². The van der Waals surface area contributed by atoms with E-state index in [-0.39, 0.29) is 11.5 Å². The highest BCUT2D eigenvalue weighted by Crippen LogP contribution is 2.19. The molecular weight excluding hydrogens is 289 g/mol. The molecule has 1 aromatic rings. The maximum Gasteiger partial charge on any atom is 0.390 e. The lowest BCUT2D eigenvalue weighted by Gasteiger charge is -2.18. The Morgan fingerprint density at radius 1 is 1.35 bits per heavy atom. The van der Waals surface area contributed by atoms with Crippen LogP contribution in [0.25, 0.3) is 0 Å². The number of ether oxygens (including phenoxy) is 1. The molecule has 0 bridgehead atoms. The van der Waals surface area contributed by atoms with Crippen LogP contribution in [0, 0.1) is 0 Å². The van der Waals surface area contributed by atoms with Crippen LogP contribution in [0.2, 0.25) is 0 Å². The normalized spacial score (nSPS) is 11.7. The van der Waals surface area contributed by atoms with Gasteiger partial charge in [-0.3, -0.25) is 0 Å². The Morgan fingerprint density at radius 3 is 2.65 bits per heavy atom. The average Bonchev–Trinajstić information content (AvgIpc) is 2.36. The van der Waals surface area contributed by atoms with Crippen LogP contribution < -0.4 is 10.5 Å². The minimum Gasteiger partial charge on any atom is -0.492 e. The van der Waals surface area contributed by atoms with E-state index >= 15 is 0 Å². The monoisotopic (exact) mass is 306 g/mol. The summed E-state index contributed by atoms with van der Waals surface area (Å²) in [5.74, 6) is 0.597. The van der Waals surface area contributed by atoms with Crippen LogP contribution in [0.5, 0.6) is 5.75 Å². The molecule has 0 saturated heterocycles. The molecule has 3 nitrogen and oxygen atoms in total. The molecule has 0 unspecified atom stereocenters. The molecule has 7 heteroatoms. The van der Waals surface area contributed by atoms with Gasteiger partial charge in [0.1, 0.15) is 17.3 Å². The standard InChI is InChI=1S/C13H17F3N2OS/c1-18(6-5-13(14,15)16)7-8-19-11-4-2-3-10(9-11)12(17)20/h2-4,9H,5-8H2,1H3,(H2,17,20). The fourth-order valence-corrected chi connectivity index (χ4v) is 1.61. The molecule has 0 aliphatic heterocycles. The van der Waals surface area contributed by atoms with Crippen LogP contribution >= 0.6 is 12.2 Å². The highest BCUT2D eigenvalue weighted by atomic mass is 32.1. The zero-order valence-corrected chi connectivity index (χ0v) is 11.9. The number of likely N-dealkylation sites (N-methyl/N-ethyl adjacent to an activating group) is 1. The first-order valence-corrected chi connectivity index (χ1v) is 6.47. The van der Waals surface area contributed by atoms with Gasteiger partial charge >= 0.3 is 6.18 Å². The molecule has 0 amide bonds. The summed E-state index contributed by atoms with van der Waals surface area (Å²) in [6, 6.07) is 6.98. The average molecular weight is 306 g/mol. The van der Waals surface area contributed by atoms with Gasteiger partial charge in [0, 0.05) is 18.7 Å². The number of hydrogen-bond donors (Lipinski definition) is 1. The number of alkyl halides is 3. The number of rotatable bonds is 7. The lowest BCUT2D eigenvalue weighted by atomic mass is 10.2. The fraction of sp³-hybridized carbons (Fsp3) is 0.462. The predicted octanol–water partition coefficient (Wildman–Crippen LogP) is 2.58. The molecule has 0 radical (unpaired) electrons. The van der Waals surface area contributed by atoms with E-state index in [0.29, 0.717) is 24.5 Å². The topological polar surface area (TPSA) is 38.5 Å². The van der Waals surface area contributed by atoms with E-state index in [0.717, 1.165) is 0 Å². The molecule has 0 spiro atoms. The van der Waals surface area contributed by atoms with E-state index in [1.807, 2.05) is 0 Å². The van der Waals surface area contributed by atoms with Crippen LogP contribution in [0.1, 0.15) is 12.0 Å². The molecule has 0 atom stereocenters. The van der Waals surface area contributed by atoms with Gasteiger partial charge in [0.25, 0.3) is 0 Å². The Kier molecular flexibility index (Phi) is 6.22. The zero-order chi connectivity index (χ0) is 15.2. The second-order valence-corrected chi connectivity index (χ2v) is 4.85. The number of nitrogens with two attached hydrogens (primary N) is 1.